The van der Waals surface area contributed by atoms with E-state index in [1.54, 1.807) is 10.9 Å². The van der Waals surface area contributed by atoms with Crippen LogP contribution < -0.4 is 5.32 Å². The third kappa shape index (κ3) is 3.17. The number of amides is 1. The second-order valence-corrected chi connectivity index (χ2v) is 5.70. The van der Waals surface area contributed by atoms with Crippen molar-refractivity contribution in [1.29, 1.82) is 0 Å². The van der Waals surface area contributed by atoms with Gasteiger partial charge in [-0.1, -0.05) is 23.4 Å². The van der Waals surface area contributed by atoms with Crippen molar-refractivity contribution in [2.45, 2.75) is 12.8 Å². The monoisotopic (exact) mass is 299 g/mol. The summed E-state index contributed by atoms with van der Waals surface area (Å²) in [4.78, 5) is 14.5. The van der Waals surface area contributed by atoms with E-state index >= 15 is 0 Å². The van der Waals surface area contributed by atoms with E-state index in [1.165, 1.54) is 6.42 Å². The van der Waals surface area contributed by atoms with Gasteiger partial charge in [0.15, 0.2) is 5.69 Å². The second-order valence-electron chi connectivity index (χ2n) is 5.70. The van der Waals surface area contributed by atoms with Crippen LogP contribution in [0.1, 0.15) is 23.3 Å². The van der Waals surface area contributed by atoms with Crippen LogP contribution in [0.4, 0.5) is 0 Å². The average Bonchev–Trinajstić information content (AvgIpc) is 3.05. The first-order valence-electron chi connectivity index (χ1n) is 7.69. The molecule has 1 fully saturated rings. The molecule has 1 aromatic heterocycles. The number of carbonyl (C=O) groups is 1. The third-order valence-corrected chi connectivity index (χ3v) is 4.03. The second kappa shape index (κ2) is 6.70. The average molecular weight is 299 g/mol. The van der Waals surface area contributed by atoms with Crippen molar-refractivity contribution in [3.05, 3.63) is 42.2 Å². The Morgan fingerprint density at radius 3 is 2.95 bits per heavy atom. The topological polar surface area (TPSA) is 63.1 Å². The summed E-state index contributed by atoms with van der Waals surface area (Å²) >= 11 is 0. The third-order valence-electron chi connectivity index (χ3n) is 4.03. The van der Waals surface area contributed by atoms with Gasteiger partial charge in [-0.2, -0.15) is 0 Å². The normalized spacial score (nSPS) is 18.4. The number of carbonyl (C=O) groups excluding carboxylic acids is 1. The lowest BCUT2D eigenvalue weighted by atomic mass is 9.98. The Hall–Kier alpha value is -2.21. The van der Waals surface area contributed by atoms with Gasteiger partial charge in [0.05, 0.1) is 11.9 Å². The van der Waals surface area contributed by atoms with Crippen molar-refractivity contribution in [2.75, 3.05) is 26.7 Å². The number of rotatable bonds is 4. The van der Waals surface area contributed by atoms with Gasteiger partial charge in [0.2, 0.25) is 0 Å². The maximum atomic E-state index is 12.6. The van der Waals surface area contributed by atoms with Crippen LogP contribution in [0.2, 0.25) is 0 Å². The van der Waals surface area contributed by atoms with Gasteiger partial charge in [-0.15, -0.1) is 5.10 Å². The van der Waals surface area contributed by atoms with Crippen molar-refractivity contribution in [3.63, 3.8) is 0 Å². The fourth-order valence-corrected chi connectivity index (χ4v) is 2.94. The number of aromatic nitrogens is 3. The molecule has 0 bridgehead atoms. The van der Waals surface area contributed by atoms with Crippen molar-refractivity contribution >= 4 is 5.91 Å². The van der Waals surface area contributed by atoms with Gasteiger partial charge in [0, 0.05) is 13.1 Å². The Bertz CT molecular complexity index is 622. The van der Waals surface area contributed by atoms with Crippen LogP contribution in [0.5, 0.6) is 0 Å². The summed E-state index contributed by atoms with van der Waals surface area (Å²) < 4.78 is 1.64. The standard InChI is InChI=1S/C16H21N5O/c1-17-10-13-6-5-9-20(11-13)16(22)15-12-21(19-18-15)14-7-3-2-4-8-14/h2-4,7-8,12-13,17H,5-6,9-11H2,1H3. The van der Waals surface area contributed by atoms with Crippen LogP contribution in [0.3, 0.4) is 0 Å². The SMILES string of the molecule is CNCC1CCCN(C(=O)c2cn(-c3ccccc3)nn2)C1. The van der Waals surface area contributed by atoms with Crippen LogP contribution >= 0.6 is 0 Å². The van der Waals surface area contributed by atoms with Crippen molar-refractivity contribution < 1.29 is 4.79 Å². The highest BCUT2D eigenvalue weighted by atomic mass is 16.2. The van der Waals surface area contributed by atoms with Gasteiger partial charge in [0.1, 0.15) is 0 Å². The van der Waals surface area contributed by atoms with Gasteiger partial charge in [-0.25, -0.2) is 4.68 Å². The lowest BCUT2D eigenvalue weighted by Gasteiger charge is -2.32. The lowest BCUT2D eigenvalue weighted by Crippen LogP contribution is -2.42. The van der Waals surface area contributed by atoms with Crippen LogP contribution in [-0.2, 0) is 0 Å². The number of nitrogens with zero attached hydrogens (tertiary/aromatic N) is 4. The summed E-state index contributed by atoms with van der Waals surface area (Å²) in [5.74, 6) is 0.495. The number of hydrogen-bond donors (Lipinski definition) is 1. The zero-order chi connectivity index (χ0) is 15.4. The summed E-state index contributed by atoms with van der Waals surface area (Å²) in [6, 6.07) is 9.69. The van der Waals surface area contributed by atoms with Gasteiger partial charge >= 0.3 is 0 Å². The molecule has 1 aromatic carbocycles. The molecule has 0 aliphatic carbocycles. The zero-order valence-electron chi connectivity index (χ0n) is 12.8. The van der Waals surface area contributed by atoms with E-state index in [4.69, 9.17) is 0 Å². The minimum atomic E-state index is -0.0250. The number of para-hydroxylation sites is 1. The molecule has 6 heteroatoms. The Balaban J connectivity index is 1.71. The molecule has 0 radical (unpaired) electrons. The summed E-state index contributed by atoms with van der Waals surface area (Å²) in [6.07, 6.45) is 3.92. The number of benzene rings is 1. The molecule has 1 saturated heterocycles. The zero-order valence-corrected chi connectivity index (χ0v) is 12.8. The Labute approximate surface area is 130 Å². The summed E-state index contributed by atoms with van der Waals surface area (Å²) in [5, 5.41) is 11.3. The predicted molar refractivity (Wildman–Crippen MR) is 83.9 cm³/mol. The van der Waals surface area contributed by atoms with E-state index in [9.17, 15) is 4.79 Å². The highest BCUT2D eigenvalue weighted by molar-refractivity contribution is 5.92. The molecule has 2 aromatic rings. The molecule has 2 heterocycles. The molecule has 0 spiro atoms. The van der Waals surface area contributed by atoms with Gasteiger partial charge in [0.25, 0.3) is 5.91 Å². The molecular formula is C16H21N5O. The molecule has 22 heavy (non-hydrogen) atoms. The van der Waals surface area contributed by atoms with E-state index in [0.29, 0.717) is 11.6 Å². The number of nitrogens with one attached hydrogen (secondary N) is 1. The number of piperidine rings is 1. The van der Waals surface area contributed by atoms with Crippen LogP contribution in [0.25, 0.3) is 5.69 Å². The molecule has 1 unspecified atom stereocenters. The number of hydrogen-bond acceptors (Lipinski definition) is 4. The first-order valence-corrected chi connectivity index (χ1v) is 7.69. The lowest BCUT2D eigenvalue weighted by molar-refractivity contribution is 0.0668. The van der Waals surface area contributed by atoms with E-state index < -0.39 is 0 Å². The Morgan fingerprint density at radius 2 is 2.18 bits per heavy atom. The van der Waals surface area contributed by atoms with Crippen molar-refractivity contribution in [3.8, 4) is 5.69 Å². The van der Waals surface area contributed by atoms with E-state index in [0.717, 1.165) is 31.7 Å². The highest BCUT2D eigenvalue weighted by Crippen LogP contribution is 2.17. The molecule has 1 atom stereocenters. The Morgan fingerprint density at radius 1 is 1.36 bits per heavy atom. The Kier molecular flexibility index (Phi) is 4.48. The fraction of sp³-hybridized carbons (Fsp3) is 0.438. The minimum Gasteiger partial charge on any atom is -0.337 e. The van der Waals surface area contributed by atoms with Crippen LogP contribution in [-0.4, -0.2) is 52.5 Å². The van der Waals surface area contributed by atoms with E-state index in [2.05, 4.69) is 15.6 Å². The first kappa shape index (κ1) is 14.7. The first-order chi connectivity index (χ1) is 10.8. The maximum Gasteiger partial charge on any atom is 0.276 e. The molecule has 1 aliphatic rings. The van der Waals surface area contributed by atoms with Gasteiger partial charge < -0.3 is 10.2 Å². The van der Waals surface area contributed by atoms with Crippen LogP contribution in [0.15, 0.2) is 36.5 Å². The van der Waals surface area contributed by atoms with Crippen LogP contribution in [0, 0.1) is 5.92 Å². The molecule has 6 nitrogen and oxygen atoms in total. The summed E-state index contributed by atoms with van der Waals surface area (Å²) in [7, 11) is 1.95. The van der Waals surface area contributed by atoms with Crippen molar-refractivity contribution in [1.82, 2.24) is 25.2 Å². The quantitative estimate of drug-likeness (QED) is 0.925. The number of likely N-dealkylation sites (tertiary alicyclic amines) is 1. The maximum absolute atomic E-state index is 12.6. The molecule has 3 rings (SSSR count). The van der Waals surface area contributed by atoms with Crippen molar-refractivity contribution in [2.24, 2.45) is 5.92 Å². The highest BCUT2D eigenvalue weighted by Gasteiger charge is 2.25. The summed E-state index contributed by atoms with van der Waals surface area (Å²) in [6.45, 7) is 2.54. The molecular weight excluding hydrogens is 278 g/mol. The largest absolute Gasteiger partial charge is 0.337 e. The van der Waals surface area contributed by atoms with E-state index in [-0.39, 0.29) is 5.91 Å². The summed E-state index contributed by atoms with van der Waals surface area (Å²) in [5.41, 5.74) is 1.31. The smallest absolute Gasteiger partial charge is 0.276 e. The fourth-order valence-electron chi connectivity index (χ4n) is 2.94. The molecule has 1 amide bonds. The molecule has 116 valence electrons. The van der Waals surface area contributed by atoms with Gasteiger partial charge in [-0.3, -0.25) is 4.79 Å². The predicted octanol–water partition coefficient (Wildman–Crippen LogP) is 1.34. The molecule has 0 saturated carbocycles. The van der Waals surface area contributed by atoms with Gasteiger partial charge in [-0.05, 0) is 44.5 Å². The molecule has 1 N–H and O–H groups in total. The minimum absolute atomic E-state index is 0.0250. The van der Waals surface area contributed by atoms with E-state index in [1.807, 2.05) is 42.3 Å². The molecule has 1 aliphatic heterocycles.